The van der Waals surface area contributed by atoms with E-state index in [1.54, 1.807) is 6.92 Å². The Morgan fingerprint density at radius 1 is 0.846 bits per heavy atom. The summed E-state index contributed by atoms with van der Waals surface area (Å²) in [6.07, 6.45) is 0.609. The van der Waals surface area contributed by atoms with Crippen LogP contribution in [0.25, 0.3) is 0 Å². The van der Waals surface area contributed by atoms with E-state index in [4.69, 9.17) is 15.3 Å². The first-order chi connectivity index (χ1) is 12.2. The second kappa shape index (κ2) is 12.5. The second-order valence-corrected chi connectivity index (χ2v) is 5.53. The summed E-state index contributed by atoms with van der Waals surface area (Å²) in [6.45, 7) is 2.10. The molecule has 0 bridgehead atoms. The van der Waals surface area contributed by atoms with Crippen molar-refractivity contribution < 1.29 is 39.3 Å². The molecular weight excluding hydrogens is 350 g/mol. The van der Waals surface area contributed by atoms with E-state index < -0.39 is 42.4 Å². The summed E-state index contributed by atoms with van der Waals surface area (Å²) in [5.41, 5.74) is 0. The Balaban J connectivity index is 4.39. The molecule has 0 rings (SSSR count). The fourth-order valence-electron chi connectivity index (χ4n) is 1.97. The first-order valence-electron chi connectivity index (χ1n) is 8.18. The first-order valence-corrected chi connectivity index (χ1v) is 8.18. The Labute approximate surface area is 150 Å². The molecule has 2 atom stereocenters. The number of carbonyl (C=O) groups is 5. The largest absolute Gasteiger partial charge is 0.481 e. The van der Waals surface area contributed by atoms with Crippen LogP contribution in [0.3, 0.4) is 0 Å². The van der Waals surface area contributed by atoms with Gasteiger partial charge in [0.25, 0.3) is 0 Å². The van der Waals surface area contributed by atoms with Crippen LogP contribution >= 0.6 is 0 Å². The van der Waals surface area contributed by atoms with Gasteiger partial charge in [0, 0.05) is 19.4 Å². The monoisotopic (exact) mass is 375 g/mol. The molecule has 11 heteroatoms. The van der Waals surface area contributed by atoms with Crippen LogP contribution in [0.15, 0.2) is 0 Å². The van der Waals surface area contributed by atoms with Crippen LogP contribution in [0.4, 0.5) is 4.79 Å². The fraction of sp³-hybridized carbons (Fsp3) is 0.667. The van der Waals surface area contributed by atoms with Crippen molar-refractivity contribution in [1.82, 2.24) is 16.0 Å². The standard InChI is InChI=1S/C15H25N3O8/c1-2-11(19)16-8-4-3-5-9(13(22)23)17-15(26)18-10(14(24)25)6-7-12(20)21/h9-10H,2-8H2,1H3,(H,16,19)(H,20,21)(H,22,23)(H,24,25)(H2,17,18,26). The topological polar surface area (TPSA) is 182 Å². The normalized spacial score (nSPS) is 12.5. The third kappa shape index (κ3) is 10.8. The number of urea groups is 1. The van der Waals surface area contributed by atoms with E-state index in [-0.39, 0.29) is 18.7 Å². The van der Waals surface area contributed by atoms with E-state index in [0.717, 1.165) is 0 Å². The molecule has 0 aromatic rings. The number of unbranched alkanes of at least 4 members (excludes halogenated alkanes) is 1. The van der Waals surface area contributed by atoms with Gasteiger partial charge in [0.05, 0.1) is 0 Å². The van der Waals surface area contributed by atoms with E-state index in [0.29, 0.717) is 25.8 Å². The lowest BCUT2D eigenvalue weighted by molar-refractivity contribution is -0.140. The molecule has 3 amide bonds. The third-order valence-electron chi connectivity index (χ3n) is 3.42. The SMILES string of the molecule is CCC(=O)NCCCCC(NC(=O)NC(CCC(=O)O)C(=O)O)C(=O)O. The van der Waals surface area contributed by atoms with E-state index in [1.807, 2.05) is 5.32 Å². The lowest BCUT2D eigenvalue weighted by Gasteiger charge is -2.18. The summed E-state index contributed by atoms with van der Waals surface area (Å²) in [5, 5.41) is 33.5. The van der Waals surface area contributed by atoms with Gasteiger partial charge in [-0.2, -0.15) is 0 Å². The average Bonchev–Trinajstić information content (AvgIpc) is 2.56. The molecule has 0 fully saturated rings. The van der Waals surface area contributed by atoms with Crippen LogP contribution in [0.2, 0.25) is 0 Å². The van der Waals surface area contributed by atoms with Gasteiger partial charge < -0.3 is 31.3 Å². The highest BCUT2D eigenvalue weighted by Gasteiger charge is 2.24. The predicted molar refractivity (Wildman–Crippen MR) is 88.5 cm³/mol. The lowest BCUT2D eigenvalue weighted by atomic mass is 10.1. The molecule has 0 aromatic carbocycles. The summed E-state index contributed by atoms with van der Waals surface area (Å²) in [5.74, 6) is -4.02. The number of hydrogen-bond acceptors (Lipinski definition) is 5. The van der Waals surface area contributed by atoms with Crippen molar-refractivity contribution in [3.05, 3.63) is 0 Å². The third-order valence-corrected chi connectivity index (χ3v) is 3.42. The summed E-state index contributed by atoms with van der Waals surface area (Å²) in [6, 6.07) is -3.68. The summed E-state index contributed by atoms with van der Waals surface area (Å²) in [7, 11) is 0. The Kier molecular flexibility index (Phi) is 11.1. The maximum absolute atomic E-state index is 11.8. The highest BCUT2D eigenvalue weighted by atomic mass is 16.4. The van der Waals surface area contributed by atoms with E-state index in [2.05, 4.69) is 10.6 Å². The van der Waals surface area contributed by atoms with Crippen molar-refractivity contribution in [3.63, 3.8) is 0 Å². The number of nitrogens with one attached hydrogen (secondary N) is 3. The van der Waals surface area contributed by atoms with Gasteiger partial charge in [-0.1, -0.05) is 6.92 Å². The van der Waals surface area contributed by atoms with Crippen molar-refractivity contribution in [2.75, 3.05) is 6.54 Å². The molecule has 0 radical (unpaired) electrons. The van der Waals surface area contributed by atoms with Crippen molar-refractivity contribution >= 4 is 29.8 Å². The molecule has 26 heavy (non-hydrogen) atoms. The Morgan fingerprint density at radius 3 is 1.85 bits per heavy atom. The van der Waals surface area contributed by atoms with Gasteiger partial charge in [-0.15, -0.1) is 0 Å². The number of carbonyl (C=O) groups excluding carboxylic acids is 2. The number of hydrogen-bond donors (Lipinski definition) is 6. The molecule has 0 saturated heterocycles. The highest BCUT2D eigenvalue weighted by Crippen LogP contribution is 2.03. The Morgan fingerprint density at radius 2 is 1.38 bits per heavy atom. The number of carboxylic acid groups (broad SMARTS) is 3. The smallest absolute Gasteiger partial charge is 0.326 e. The number of carboxylic acids is 3. The summed E-state index contributed by atoms with van der Waals surface area (Å²) < 4.78 is 0. The summed E-state index contributed by atoms with van der Waals surface area (Å²) >= 11 is 0. The van der Waals surface area contributed by atoms with Crippen LogP contribution in [0.1, 0.15) is 45.4 Å². The molecule has 0 aliphatic carbocycles. The zero-order chi connectivity index (χ0) is 20.1. The van der Waals surface area contributed by atoms with Gasteiger partial charge in [0.1, 0.15) is 12.1 Å². The van der Waals surface area contributed by atoms with Crippen LogP contribution in [0.5, 0.6) is 0 Å². The van der Waals surface area contributed by atoms with Crippen LogP contribution in [-0.4, -0.2) is 63.8 Å². The van der Waals surface area contributed by atoms with Gasteiger partial charge >= 0.3 is 23.9 Å². The van der Waals surface area contributed by atoms with Crippen molar-refractivity contribution in [3.8, 4) is 0 Å². The van der Waals surface area contributed by atoms with Crippen LogP contribution in [0, 0.1) is 0 Å². The van der Waals surface area contributed by atoms with E-state index in [1.165, 1.54) is 0 Å². The minimum absolute atomic E-state index is 0.0949. The quantitative estimate of drug-likeness (QED) is 0.238. The van der Waals surface area contributed by atoms with Gasteiger partial charge in [-0.05, 0) is 25.7 Å². The molecule has 0 aromatic heterocycles. The van der Waals surface area contributed by atoms with Crippen LogP contribution < -0.4 is 16.0 Å². The van der Waals surface area contributed by atoms with Gasteiger partial charge in [-0.3, -0.25) is 9.59 Å². The van der Waals surface area contributed by atoms with E-state index >= 15 is 0 Å². The molecular formula is C15H25N3O8. The number of amides is 3. The fourth-order valence-corrected chi connectivity index (χ4v) is 1.97. The highest BCUT2D eigenvalue weighted by molar-refractivity contribution is 5.86. The summed E-state index contributed by atoms with van der Waals surface area (Å²) in [4.78, 5) is 55.5. The Bertz CT molecular complexity index is 523. The van der Waals surface area contributed by atoms with Crippen molar-refractivity contribution in [1.29, 1.82) is 0 Å². The second-order valence-electron chi connectivity index (χ2n) is 5.53. The lowest BCUT2D eigenvalue weighted by Crippen LogP contribution is -2.51. The number of aliphatic carboxylic acids is 3. The average molecular weight is 375 g/mol. The van der Waals surface area contributed by atoms with Crippen LogP contribution in [-0.2, 0) is 19.2 Å². The van der Waals surface area contributed by atoms with E-state index in [9.17, 15) is 24.0 Å². The van der Waals surface area contributed by atoms with Gasteiger partial charge in [0.2, 0.25) is 5.91 Å². The molecule has 0 heterocycles. The molecule has 0 saturated carbocycles. The van der Waals surface area contributed by atoms with Gasteiger partial charge in [-0.25, -0.2) is 14.4 Å². The predicted octanol–water partition coefficient (Wildman–Crippen LogP) is -0.247. The van der Waals surface area contributed by atoms with Crippen molar-refractivity contribution in [2.45, 2.75) is 57.5 Å². The molecule has 0 spiro atoms. The zero-order valence-corrected chi connectivity index (χ0v) is 14.5. The maximum Gasteiger partial charge on any atom is 0.326 e. The molecule has 0 aliphatic rings. The minimum Gasteiger partial charge on any atom is -0.481 e. The van der Waals surface area contributed by atoms with Crippen molar-refractivity contribution in [2.24, 2.45) is 0 Å². The number of rotatable bonds is 13. The molecule has 148 valence electrons. The maximum atomic E-state index is 11.8. The molecule has 6 N–H and O–H groups in total. The molecule has 11 nitrogen and oxygen atoms in total. The minimum atomic E-state index is -1.44. The van der Waals surface area contributed by atoms with Gasteiger partial charge in [0.15, 0.2) is 0 Å². The first kappa shape index (κ1) is 23.1. The zero-order valence-electron chi connectivity index (χ0n) is 14.5. The molecule has 0 aliphatic heterocycles. The Hall–Kier alpha value is -2.85. The molecule has 2 unspecified atom stereocenters.